The molecule has 1 aromatic rings. The molecule has 0 aliphatic carbocycles. The summed E-state index contributed by atoms with van der Waals surface area (Å²) in [5, 5.41) is 9.74. The maximum Gasteiger partial charge on any atom is 0.433 e. The molecule has 1 rings (SSSR count). The molecule has 8 nitrogen and oxygen atoms in total. The van der Waals surface area contributed by atoms with Crippen molar-refractivity contribution in [2.45, 2.75) is 46.2 Å². The van der Waals surface area contributed by atoms with E-state index in [0.29, 0.717) is 24.0 Å². The van der Waals surface area contributed by atoms with E-state index in [2.05, 4.69) is 20.8 Å². The van der Waals surface area contributed by atoms with E-state index in [4.69, 9.17) is 0 Å². The molecular weight excluding hydrogens is 367 g/mol. The summed E-state index contributed by atoms with van der Waals surface area (Å²) >= 11 is 0. The van der Waals surface area contributed by atoms with E-state index in [1.54, 1.807) is 0 Å². The fourth-order valence-corrected chi connectivity index (χ4v) is 2.11. The number of amides is 2. The van der Waals surface area contributed by atoms with Crippen molar-refractivity contribution in [3.05, 3.63) is 18.0 Å². The molecule has 0 aliphatic rings. The van der Waals surface area contributed by atoms with Crippen LogP contribution in [0.4, 0.5) is 19.1 Å². The number of rotatable bonds is 10. The van der Waals surface area contributed by atoms with Gasteiger partial charge in [0.2, 0.25) is 18.3 Å². The minimum atomic E-state index is -4.64. The molecule has 1 heterocycles. The number of hydrogen-bond acceptors (Lipinski definition) is 6. The first kappa shape index (κ1) is 22.6. The molecule has 0 fully saturated rings. The lowest BCUT2D eigenvalue weighted by Gasteiger charge is -2.26. The molecule has 1 atom stereocenters. The molecule has 0 unspecified atom stereocenters. The summed E-state index contributed by atoms with van der Waals surface area (Å²) in [6, 6.07) is 0.705. The number of hydroxylamine groups is 2. The van der Waals surface area contributed by atoms with E-state index < -0.39 is 29.6 Å². The van der Waals surface area contributed by atoms with Crippen molar-refractivity contribution in [2.24, 2.45) is 11.3 Å². The van der Waals surface area contributed by atoms with Crippen molar-refractivity contribution in [3.8, 4) is 0 Å². The summed E-state index contributed by atoms with van der Waals surface area (Å²) in [6.45, 7) is 5.80. The van der Waals surface area contributed by atoms with Crippen molar-refractivity contribution in [2.75, 3.05) is 12.0 Å². The van der Waals surface area contributed by atoms with E-state index in [1.807, 2.05) is 20.8 Å². The topological polar surface area (TPSA) is 107 Å². The van der Waals surface area contributed by atoms with Crippen molar-refractivity contribution in [1.29, 1.82) is 0 Å². The molecule has 0 spiro atoms. The summed E-state index contributed by atoms with van der Waals surface area (Å²) < 4.78 is 38.0. The Morgan fingerprint density at radius 1 is 1.41 bits per heavy atom. The van der Waals surface area contributed by atoms with Crippen molar-refractivity contribution in [3.63, 3.8) is 0 Å². The van der Waals surface area contributed by atoms with Gasteiger partial charge in [0.05, 0.1) is 12.5 Å². The molecular formula is C16H24F3N5O3. The lowest BCUT2D eigenvalue weighted by atomic mass is 9.82. The molecule has 0 radical (unpaired) electrons. The number of nitrogens with one attached hydrogen (secondary N) is 2. The maximum atomic E-state index is 12.7. The SMILES string of the molecule is CCC(C)(C)CC[C@@H](CN(O)C=O)C(=O)NNc1nccc(C(F)(F)F)n1. The number of carbonyl (C=O) groups excluding carboxylic acids is 2. The van der Waals surface area contributed by atoms with E-state index in [-0.39, 0.29) is 18.4 Å². The number of hydrogen-bond donors (Lipinski definition) is 3. The number of hydrazine groups is 1. The van der Waals surface area contributed by atoms with Crippen LogP contribution >= 0.6 is 0 Å². The number of anilines is 1. The van der Waals surface area contributed by atoms with E-state index in [0.717, 1.165) is 12.6 Å². The molecule has 0 saturated heterocycles. The Balaban J connectivity index is 2.76. The monoisotopic (exact) mass is 391 g/mol. The first-order valence-corrected chi connectivity index (χ1v) is 8.35. The summed E-state index contributed by atoms with van der Waals surface area (Å²) in [4.78, 5) is 29.9. The Kier molecular flexibility index (Phi) is 7.95. The van der Waals surface area contributed by atoms with Crippen LogP contribution in [0.25, 0.3) is 0 Å². The molecule has 11 heteroatoms. The highest BCUT2D eigenvalue weighted by Gasteiger charge is 2.33. The number of aromatic nitrogens is 2. The highest BCUT2D eigenvalue weighted by Crippen LogP contribution is 2.29. The van der Waals surface area contributed by atoms with E-state index in [9.17, 15) is 28.0 Å². The van der Waals surface area contributed by atoms with Crippen LogP contribution in [0.5, 0.6) is 0 Å². The summed E-state index contributed by atoms with van der Waals surface area (Å²) in [7, 11) is 0. The molecule has 152 valence electrons. The largest absolute Gasteiger partial charge is 0.433 e. The zero-order valence-electron chi connectivity index (χ0n) is 15.4. The van der Waals surface area contributed by atoms with Crippen molar-refractivity contribution < 1.29 is 28.0 Å². The fourth-order valence-electron chi connectivity index (χ4n) is 2.11. The molecule has 0 bridgehead atoms. The Bertz CT molecular complexity index is 640. The standard InChI is InChI=1S/C16H24F3N5O3/c1-4-15(2,3)7-5-11(9-24(27)10-25)13(26)22-23-14-20-8-6-12(21-14)16(17,18)19/h6,8,10-11,27H,4-5,7,9H2,1-3H3,(H,22,26)(H,20,21,23)/t11-/m0/s1. The molecule has 1 aromatic heterocycles. The highest BCUT2D eigenvalue weighted by atomic mass is 19.4. The second-order valence-electron chi connectivity index (χ2n) is 6.86. The number of carbonyl (C=O) groups is 2. The minimum Gasteiger partial charge on any atom is -0.286 e. The molecule has 27 heavy (non-hydrogen) atoms. The molecule has 3 N–H and O–H groups in total. The van der Waals surface area contributed by atoms with Crippen LogP contribution in [0.15, 0.2) is 12.3 Å². The Labute approximate surface area is 155 Å². The van der Waals surface area contributed by atoms with Crippen LogP contribution in [-0.2, 0) is 15.8 Å². The maximum absolute atomic E-state index is 12.7. The summed E-state index contributed by atoms with van der Waals surface area (Å²) in [5.41, 5.74) is 3.26. The molecule has 0 aliphatic heterocycles. The van der Waals surface area contributed by atoms with E-state index >= 15 is 0 Å². The van der Waals surface area contributed by atoms with Gasteiger partial charge >= 0.3 is 6.18 Å². The van der Waals surface area contributed by atoms with Gasteiger partial charge in [0.25, 0.3) is 0 Å². The quantitative estimate of drug-likeness (QED) is 0.322. The van der Waals surface area contributed by atoms with Crippen LogP contribution in [-0.4, -0.2) is 39.1 Å². The third-order valence-electron chi connectivity index (χ3n) is 4.27. The minimum absolute atomic E-state index is 0.0441. The zero-order chi connectivity index (χ0) is 20.7. The van der Waals surface area contributed by atoms with Gasteiger partial charge in [-0.2, -0.15) is 13.2 Å². The van der Waals surface area contributed by atoms with Gasteiger partial charge in [0.15, 0.2) is 0 Å². The van der Waals surface area contributed by atoms with Crippen LogP contribution in [0, 0.1) is 11.3 Å². The fraction of sp³-hybridized carbons (Fsp3) is 0.625. The average molecular weight is 391 g/mol. The predicted molar refractivity (Wildman–Crippen MR) is 90.2 cm³/mol. The first-order chi connectivity index (χ1) is 12.5. The molecule has 0 saturated carbocycles. The summed E-state index contributed by atoms with van der Waals surface area (Å²) in [5.74, 6) is -1.81. The highest BCUT2D eigenvalue weighted by molar-refractivity contribution is 5.80. The Hall–Kier alpha value is -2.43. The molecule has 0 aromatic carbocycles. The lowest BCUT2D eigenvalue weighted by Crippen LogP contribution is -2.41. The first-order valence-electron chi connectivity index (χ1n) is 8.35. The lowest BCUT2D eigenvalue weighted by molar-refractivity contribution is -0.154. The van der Waals surface area contributed by atoms with Crippen LogP contribution in [0.3, 0.4) is 0 Å². The van der Waals surface area contributed by atoms with Gasteiger partial charge < -0.3 is 0 Å². The second-order valence-corrected chi connectivity index (χ2v) is 6.86. The van der Waals surface area contributed by atoms with Crippen molar-refractivity contribution >= 4 is 18.3 Å². The predicted octanol–water partition coefficient (Wildman–Crippen LogP) is 2.62. The van der Waals surface area contributed by atoms with E-state index in [1.165, 1.54) is 0 Å². The van der Waals surface area contributed by atoms with Gasteiger partial charge in [-0.3, -0.25) is 25.6 Å². The third kappa shape index (κ3) is 7.77. The van der Waals surface area contributed by atoms with Gasteiger partial charge in [-0.15, -0.1) is 0 Å². The van der Waals surface area contributed by atoms with Crippen molar-refractivity contribution in [1.82, 2.24) is 20.5 Å². The third-order valence-corrected chi connectivity index (χ3v) is 4.27. The number of alkyl halides is 3. The van der Waals surface area contributed by atoms with Gasteiger partial charge in [-0.05, 0) is 24.3 Å². The smallest absolute Gasteiger partial charge is 0.286 e. The van der Waals surface area contributed by atoms with Crippen LogP contribution in [0.1, 0.15) is 45.7 Å². The van der Waals surface area contributed by atoms with Gasteiger partial charge in [0, 0.05) is 6.20 Å². The second kappa shape index (κ2) is 9.49. The Morgan fingerprint density at radius 3 is 2.63 bits per heavy atom. The summed E-state index contributed by atoms with van der Waals surface area (Å²) in [6.07, 6.45) is -1.67. The Morgan fingerprint density at radius 2 is 2.07 bits per heavy atom. The average Bonchev–Trinajstić information content (AvgIpc) is 2.62. The normalized spacial score (nSPS) is 13.0. The zero-order valence-corrected chi connectivity index (χ0v) is 15.4. The van der Waals surface area contributed by atoms with Gasteiger partial charge in [-0.1, -0.05) is 27.2 Å². The number of nitrogens with zero attached hydrogens (tertiary/aromatic N) is 3. The number of halogens is 3. The molecule has 2 amide bonds. The van der Waals surface area contributed by atoms with Gasteiger partial charge in [-0.25, -0.2) is 15.0 Å². The van der Waals surface area contributed by atoms with Gasteiger partial charge in [0.1, 0.15) is 5.69 Å². The van der Waals surface area contributed by atoms with Crippen LogP contribution in [0.2, 0.25) is 0 Å². The van der Waals surface area contributed by atoms with Crippen LogP contribution < -0.4 is 10.9 Å².